The van der Waals surface area contributed by atoms with E-state index in [2.05, 4.69) is 5.32 Å². The van der Waals surface area contributed by atoms with Crippen molar-refractivity contribution in [3.63, 3.8) is 0 Å². The molecule has 0 spiro atoms. The molecule has 0 saturated heterocycles. The maximum absolute atomic E-state index is 5.86. The minimum atomic E-state index is 0.715. The second-order valence-electron chi connectivity index (χ2n) is 2.98. The Kier molecular flexibility index (Phi) is 4.57. The molecule has 0 aliphatic rings. The fourth-order valence-corrected chi connectivity index (χ4v) is 1.80. The van der Waals surface area contributed by atoms with Gasteiger partial charge < -0.3 is 5.32 Å². The Morgan fingerprint density at radius 2 is 1.77 bits per heavy atom. The molecule has 0 radical (unpaired) electrons. The summed E-state index contributed by atoms with van der Waals surface area (Å²) in [5.41, 5.74) is 1.20. The monoisotopic (exact) mass is 217 g/mol. The number of nitrogens with one attached hydrogen (secondary N) is 1. The topological polar surface area (TPSA) is 12.0 Å². The van der Waals surface area contributed by atoms with Gasteiger partial charge in [0.25, 0.3) is 0 Å². The van der Waals surface area contributed by atoms with Gasteiger partial charge in [0.1, 0.15) is 0 Å². The number of hydrogen-bond donors (Lipinski definition) is 1. The van der Waals surface area contributed by atoms with Crippen LogP contribution in [-0.4, -0.2) is 13.6 Å². The van der Waals surface area contributed by atoms with Crippen molar-refractivity contribution in [2.24, 2.45) is 0 Å². The lowest BCUT2D eigenvalue weighted by molar-refractivity contribution is 0.725. The Labute approximate surface area is 89.0 Å². The molecule has 0 amide bonds. The van der Waals surface area contributed by atoms with Crippen molar-refractivity contribution in [3.8, 4) is 0 Å². The fraction of sp³-hybridized carbons (Fsp3) is 0.400. The fourth-order valence-electron chi connectivity index (χ4n) is 1.22. The average Bonchev–Trinajstić information content (AvgIpc) is 2.03. The van der Waals surface area contributed by atoms with Crippen LogP contribution in [-0.2, 0) is 6.42 Å². The maximum atomic E-state index is 5.86. The van der Waals surface area contributed by atoms with E-state index in [9.17, 15) is 0 Å². The van der Waals surface area contributed by atoms with E-state index in [1.807, 2.05) is 19.2 Å². The van der Waals surface area contributed by atoms with Crippen LogP contribution in [0.2, 0.25) is 10.0 Å². The molecule has 0 heterocycles. The van der Waals surface area contributed by atoms with E-state index in [0.29, 0.717) is 10.0 Å². The molecule has 0 aliphatic heterocycles. The molecule has 1 rings (SSSR count). The number of aryl methyl sites for hydroxylation is 1. The van der Waals surface area contributed by atoms with Crippen LogP contribution in [0.15, 0.2) is 18.2 Å². The highest BCUT2D eigenvalue weighted by Crippen LogP contribution is 2.19. The Morgan fingerprint density at radius 3 is 2.31 bits per heavy atom. The first-order chi connectivity index (χ1) is 6.22. The molecule has 0 fully saturated rings. The van der Waals surface area contributed by atoms with E-state index in [1.165, 1.54) is 5.56 Å². The third-order valence-corrected chi connectivity index (χ3v) is 2.25. The van der Waals surface area contributed by atoms with Crippen LogP contribution in [0.5, 0.6) is 0 Å². The second-order valence-corrected chi connectivity index (χ2v) is 3.86. The summed E-state index contributed by atoms with van der Waals surface area (Å²) in [4.78, 5) is 0. The highest BCUT2D eigenvalue weighted by atomic mass is 35.5. The summed E-state index contributed by atoms with van der Waals surface area (Å²) in [6.45, 7) is 1.02. The van der Waals surface area contributed by atoms with Crippen molar-refractivity contribution in [3.05, 3.63) is 33.8 Å². The standard InChI is InChI=1S/C10H13Cl2N/c1-13-4-2-3-8-5-9(11)7-10(12)6-8/h5-7,13H,2-4H2,1H3. The van der Waals surface area contributed by atoms with Gasteiger partial charge in [-0.2, -0.15) is 0 Å². The summed E-state index contributed by atoms with van der Waals surface area (Å²) in [7, 11) is 1.95. The molecule has 0 aromatic heterocycles. The minimum Gasteiger partial charge on any atom is -0.320 e. The molecule has 13 heavy (non-hydrogen) atoms. The van der Waals surface area contributed by atoms with Crippen molar-refractivity contribution in [2.45, 2.75) is 12.8 Å². The molecule has 0 unspecified atom stereocenters. The average molecular weight is 218 g/mol. The zero-order chi connectivity index (χ0) is 9.68. The SMILES string of the molecule is CNCCCc1cc(Cl)cc(Cl)c1. The zero-order valence-corrected chi connectivity index (χ0v) is 9.12. The lowest BCUT2D eigenvalue weighted by Crippen LogP contribution is -2.08. The third kappa shape index (κ3) is 3.99. The van der Waals surface area contributed by atoms with Crippen molar-refractivity contribution in [1.29, 1.82) is 0 Å². The van der Waals surface area contributed by atoms with Gasteiger partial charge in [0.15, 0.2) is 0 Å². The quantitative estimate of drug-likeness (QED) is 0.765. The summed E-state index contributed by atoms with van der Waals surface area (Å²) in [5, 5.41) is 4.53. The molecule has 1 nitrogen and oxygen atoms in total. The molecule has 0 aliphatic carbocycles. The third-order valence-electron chi connectivity index (χ3n) is 1.81. The first-order valence-corrected chi connectivity index (χ1v) is 5.07. The second kappa shape index (κ2) is 5.48. The number of benzene rings is 1. The lowest BCUT2D eigenvalue weighted by atomic mass is 10.1. The van der Waals surface area contributed by atoms with Gasteiger partial charge in [0, 0.05) is 10.0 Å². The van der Waals surface area contributed by atoms with Crippen LogP contribution >= 0.6 is 23.2 Å². The molecule has 3 heteroatoms. The molecule has 0 saturated carbocycles. The summed E-state index contributed by atoms with van der Waals surface area (Å²) in [6.07, 6.45) is 2.12. The first kappa shape index (κ1) is 10.8. The van der Waals surface area contributed by atoms with E-state index in [4.69, 9.17) is 23.2 Å². The molecule has 1 aromatic rings. The first-order valence-electron chi connectivity index (χ1n) is 4.32. The van der Waals surface area contributed by atoms with Crippen LogP contribution in [0.25, 0.3) is 0 Å². The van der Waals surface area contributed by atoms with Crippen LogP contribution < -0.4 is 5.32 Å². The summed E-state index contributed by atoms with van der Waals surface area (Å²) < 4.78 is 0. The van der Waals surface area contributed by atoms with Gasteiger partial charge in [-0.3, -0.25) is 0 Å². The van der Waals surface area contributed by atoms with E-state index in [-0.39, 0.29) is 0 Å². The minimum absolute atomic E-state index is 0.715. The highest BCUT2D eigenvalue weighted by molar-refractivity contribution is 6.34. The predicted molar refractivity (Wildman–Crippen MR) is 58.7 cm³/mol. The van der Waals surface area contributed by atoms with E-state index < -0.39 is 0 Å². The molecule has 0 atom stereocenters. The number of hydrogen-bond acceptors (Lipinski definition) is 1. The van der Waals surface area contributed by atoms with Gasteiger partial charge in [-0.05, 0) is 50.2 Å². The van der Waals surface area contributed by atoms with Crippen molar-refractivity contribution < 1.29 is 0 Å². The van der Waals surface area contributed by atoms with E-state index in [0.717, 1.165) is 19.4 Å². The molecule has 1 aromatic carbocycles. The van der Waals surface area contributed by atoms with Gasteiger partial charge >= 0.3 is 0 Å². The molecular weight excluding hydrogens is 205 g/mol. The van der Waals surface area contributed by atoms with Crippen LogP contribution in [0.3, 0.4) is 0 Å². The summed E-state index contributed by atoms with van der Waals surface area (Å²) in [5.74, 6) is 0. The van der Waals surface area contributed by atoms with E-state index >= 15 is 0 Å². The number of halogens is 2. The summed E-state index contributed by atoms with van der Waals surface area (Å²) in [6, 6.07) is 5.68. The Balaban J connectivity index is 2.56. The zero-order valence-electron chi connectivity index (χ0n) is 7.61. The van der Waals surface area contributed by atoms with Crippen LogP contribution in [0.1, 0.15) is 12.0 Å². The van der Waals surface area contributed by atoms with Gasteiger partial charge in [0.2, 0.25) is 0 Å². The van der Waals surface area contributed by atoms with Gasteiger partial charge in [-0.1, -0.05) is 23.2 Å². The van der Waals surface area contributed by atoms with Gasteiger partial charge in [-0.25, -0.2) is 0 Å². The highest BCUT2D eigenvalue weighted by Gasteiger charge is 1.97. The molecule has 0 bridgehead atoms. The summed E-state index contributed by atoms with van der Waals surface area (Å²) >= 11 is 11.7. The maximum Gasteiger partial charge on any atom is 0.0423 e. The molecule has 72 valence electrons. The largest absolute Gasteiger partial charge is 0.320 e. The molecular formula is C10H13Cl2N. The van der Waals surface area contributed by atoms with E-state index in [1.54, 1.807) is 6.07 Å². The smallest absolute Gasteiger partial charge is 0.0423 e. The normalized spacial score (nSPS) is 10.4. The van der Waals surface area contributed by atoms with Crippen LogP contribution in [0, 0.1) is 0 Å². The van der Waals surface area contributed by atoms with Crippen molar-refractivity contribution in [2.75, 3.05) is 13.6 Å². The lowest BCUT2D eigenvalue weighted by Gasteiger charge is -2.02. The molecule has 1 N–H and O–H groups in total. The van der Waals surface area contributed by atoms with Crippen molar-refractivity contribution >= 4 is 23.2 Å². The van der Waals surface area contributed by atoms with Crippen LogP contribution in [0.4, 0.5) is 0 Å². The van der Waals surface area contributed by atoms with Gasteiger partial charge in [-0.15, -0.1) is 0 Å². The predicted octanol–water partition coefficient (Wildman–Crippen LogP) is 3.15. The Hall–Kier alpha value is -0.240. The Bertz CT molecular complexity index is 253. The Morgan fingerprint density at radius 1 is 1.15 bits per heavy atom. The van der Waals surface area contributed by atoms with Crippen molar-refractivity contribution in [1.82, 2.24) is 5.32 Å². The van der Waals surface area contributed by atoms with Gasteiger partial charge in [0.05, 0.1) is 0 Å². The number of rotatable bonds is 4.